The van der Waals surface area contributed by atoms with Gasteiger partial charge in [-0.1, -0.05) is 11.6 Å². The topological polar surface area (TPSA) is 98.5 Å². The summed E-state index contributed by atoms with van der Waals surface area (Å²) in [6.07, 6.45) is 0. The Balaban J connectivity index is 3.11. The standard InChI is InChI=1S/C11H15ClN2O4S/c1-6-9(12)4-8(5-10(6)13)19(16,17)14-7(2)11(15)18-3/h4-5,7,14H,13H2,1-3H3. The molecule has 0 aliphatic rings. The molecule has 106 valence electrons. The maximum atomic E-state index is 12.0. The number of hydrogen-bond donors (Lipinski definition) is 2. The Labute approximate surface area is 116 Å². The monoisotopic (exact) mass is 306 g/mol. The molecule has 0 aromatic heterocycles. The second-order valence-corrected chi connectivity index (χ2v) is 6.11. The van der Waals surface area contributed by atoms with E-state index in [4.69, 9.17) is 17.3 Å². The van der Waals surface area contributed by atoms with Gasteiger partial charge in [0.1, 0.15) is 6.04 Å². The molecular weight excluding hydrogens is 292 g/mol. The highest BCUT2D eigenvalue weighted by atomic mass is 35.5. The highest BCUT2D eigenvalue weighted by Crippen LogP contribution is 2.25. The first-order valence-corrected chi connectivity index (χ1v) is 7.21. The van der Waals surface area contributed by atoms with Gasteiger partial charge in [-0.2, -0.15) is 4.72 Å². The SMILES string of the molecule is COC(=O)C(C)NS(=O)(=O)c1cc(N)c(C)c(Cl)c1. The zero-order valence-electron chi connectivity index (χ0n) is 10.7. The molecule has 19 heavy (non-hydrogen) atoms. The molecule has 1 aromatic rings. The molecule has 0 saturated heterocycles. The van der Waals surface area contributed by atoms with Gasteiger partial charge in [0.25, 0.3) is 0 Å². The number of carbonyl (C=O) groups is 1. The number of nitrogen functional groups attached to an aromatic ring is 1. The van der Waals surface area contributed by atoms with Crippen LogP contribution in [0.15, 0.2) is 17.0 Å². The van der Waals surface area contributed by atoms with E-state index in [9.17, 15) is 13.2 Å². The minimum absolute atomic E-state index is 0.101. The van der Waals surface area contributed by atoms with E-state index in [-0.39, 0.29) is 15.6 Å². The summed E-state index contributed by atoms with van der Waals surface area (Å²) in [4.78, 5) is 11.1. The molecule has 8 heteroatoms. The lowest BCUT2D eigenvalue weighted by atomic mass is 10.2. The molecule has 0 saturated carbocycles. The lowest BCUT2D eigenvalue weighted by Gasteiger charge is -2.13. The van der Waals surface area contributed by atoms with Gasteiger partial charge in [-0.3, -0.25) is 4.79 Å². The highest BCUT2D eigenvalue weighted by Gasteiger charge is 2.23. The van der Waals surface area contributed by atoms with E-state index < -0.39 is 22.0 Å². The predicted molar refractivity (Wildman–Crippen MR) is 72.4 cm³/mol. The minimum atomic E-state index is -3.89. The first kappa shape index (κ1) is 15.7. The molecule has 1 unspecified atom stereocenters. The Morgan fingerprint density at radius 3 is 2.53 bits per heavy atom. The smallest absolute Gasteiger partial charge is 0.323 e. The van der Waals surface area contributed by atoms with Crippen molar-refractivity contribution in [3.05, 3.63) is 22.7 Å². The Kier molecular flexibility index (Phi) is 4.78. The number of rotatable bonds is 4. The quantitative estimate of drug-likeness (QED) is 0.640. The van der Waals surface area contributed by atoms with E-state index in [0.29, 0.717) is 5.56 Å². The summed E-state index contributed by atoms with van der Waals surface area (Å²) >= 11 is 5.89. The molecule has 0 aliphatic heterocycles. The molecule has 1 rings (SSSR count). The van der Waals surface area contributed by atoms with Crippen molar-refractivity contribution in [2.24, 2.45) is 0 Å². The molecule has 0 fully saturated rings. The van der Waals surface area contributed by atoms with Crippen molar-refractivity contribution < 1.29 is 17.9 Å². The fraction of sp³-hybridized carbons (Fsp3) is 0.364. The van der Waals surface area contributed by atoms with Crippen molar-refractivity contribution in [3.63, 3.8) is 0 Å². The molecule has 0 heterocycles. The average molecular weight is 307 g/mol. The van der Waals surface area contributed by atoms with Crippen LogP contribution in [-0.2, 0) is 19.6 Å². The number of nitrogens with one attached hydrogen (secondary N) is 1. The number of benzene rings is 1. The van der Waals surface area contributed by atoms with Crippen molar-refractivity contribution >= 4 is 33.3 Å². The number of anilines is 1. The number of nitrogens with two attached hydrogens (primary N) is 1. The van der Waals surface area contributed by atoms with E-state index in [1.165, 1.54) is 26.2 Å². The lowest BCUT2D eigenvalue weighted by molar-refractivity contribution is -0.142. The van der Waals surface area contributed by atoms with E-state index >= 15 is 0 Å². The fourth-order valence-electron chi connectivity index (χ4n) is 1.36. The number of halogens is 1. The van der Waals surface area contributed by atoms with Crippen LogP contribution in [0.4, 0.5) is 5.69 Å². The van der Waals surface area contributed by atoms with Crippen LogP contribution in [0.25, 0.3) is 0 Å². The maximum absolute atomic E-state index is 12.0. The lowest BCUT2D eigenvalue weighted by Crippen LogP contribution is -2.39. The van der Waals surface area contributed by atoms with Gasteiger partial charge in [-0.15, -0.1) is 0 Å². The summed E-state index contributed by atoms with van der Waals surface area (Å²) < 4.78 is 30.7. The number of ether oxygens (including phenoxy) is 1. The third-order valence-electron chi connectivity index (χ3n) is 2.55. The average Bonchev–Trinajstić information content (AvgIpc) is 2.33. The Morgan fingerprint density at radius 2 is 2.05 bits per heavy atom. The normalized spacial score (nSPS) is 13.1. The molecule has 1 aromatic carbocycles. The predicted octanol–water partition coefficient (Wildman–Crippen LogP) is 1.07. The first-order chi connectivity index (χ1) is 8.69. The van der Waals surface area contributed by atoms with Gasteiger partial charge < -0.3 is 10.5 Å². The van der Waals surface area contributed by atoms with Crippen molar-refractivity contribution in [3.8, 4) is 0 Å². The van der Waals surface area contributed by atoms with Crippen molar-refractivity contribution in [2.75, 3.05) is 12.8 Å². The van der Waals surface area contributed by atoms with E-state index in [1.807, 2.05) is 0 Å². The summed E-state index contributed by atoms with van der Waals surface area (Å²) in [6, 6.07) is 1.56. The van der Waals surface area contributed by atoms with Crippen LogP contribution in [0.1, 0.15) is 12.5 Å². The molecule has 6 nitrogen and oxygen atoms in total. The third kappa shape index (κ3) is 3.59. The summed E-state index contributed by atoms with van der Waals surface area (Å²) in [5, 5.41) is 0.242. The Hall–Kier alpha value is -1.31. The maximum Gasteiger partial charge on any atom is 0.323 e. The fourth-order valence-corrected chi connectivity index (χ4v) is 2.90. The number of esters is 1. The minimum Gasteiger partial charge on any atom is -0.468 e. The van der Waals surface area contributed by atoms with Crippen LogP contribution in [0.5, 0.6) is 0 Å². The largest absolute Gasteiger partial charge is 0.468 e. The third-order valence-corrected chi connectivity index (χ3v) is 4.47. The zero-order chi connectivity index (χ0) is 14.8. The van der Waals surface area contributed by atoms with Gasteiger partial charge >= 0.3 is 5.97 Å². The van der Waals surface area contributed by atoms with Crippen LogP contribution in [0.3, 0.4) is 0 Å². The van der Waals surface area contributed by atoms with Crippen LogP contribution in [0.2, 0.25) is 5.02 Å². The summed E-state index contributed by atoms with van der Waals surface area (Å²) in [7, 11) is -2.72. The van der Waals surface area contributed by atoms with Crippen LogP contribution < -0.4 is 10.5 Å². The molecule has 0 aliphatic carbocycles. The molecule has 0 amide bonds. The molecule has 3 N–H and O–H groups in total. The van der Waals surface area contributed by atoms with Gasteiger partial charge in [-0.05, 0) is 31.5 Å². The van der Waals surface area contributed by atoms with Crippen LogP contribution >= 0.6 is 11.6 Å². The number of sulfonamides is 1. The van der Waals surface area contributed by atoms with Gasteiger partial charge in [0.2, 0.25) is 10.0 Å². The molecule has 0 bridgehead atoms. The van der Waals surface area contributed by atoms with Crippen LogP contribution in [-0.4, -0.2) is 27.5 Å². The molecule has 0 spiro atoms. The molecule has 1 atom stereocenters. The Bertz CT molecular complexity index is 578. The van der Waals surface area contributed by atoms with Gasteiger partial charge in [-0.25, -0.2) is 8.42 Å². The van der Waals surface area contributed by atoms with E-state index in [1.54, 1.807) is 6.92 Å². The van der Waals surface area contributed by atoms with Gasteiger partial charge in [0.05, 0.1) is 12.0 Å². The summed E-state index contributed by atoms with van der Waals surface area (Å²) in [6.45, 7) is 3.06. The summed E-state index contributed by atoms with van der Waals surface area (Å²) in [5.41, 5.74) is 6.53. The Morgan fingerprint density at radius 1 is 1.47 bits per heavy atom. The van der Waals surface area contributed by atoms with Crippen molar-refractivity contribution in [2.45, 2.75) is 24.8 Å². The zero-order valence-corrected chi connectivity index (χ0v) is 12.3. The molecular formula is C11H15ClN2O4S. The second kappa shape index (κ2) is 5.77. The van der Waals surface area contributed by atoms with E-state index in [2.05, 4.69) is 9.46 Å². The van der Waals surface area contributed by atoms with Gasteiger partial charge in [0, 0.05) is 10.7 Å². The molecule has 0 radical (unpaired) electrons. The van der Waals surface area contributed by atoms with Crippen LogP contribution in [0, 0.1) is 6.92 Å². The van der Waals surface area contributed by atoms with Crippen molar-refractivity contribution in [1.82, 2.24) is 4.72 Å². The summed E-state index contributed by atoms with van der Waals surface area (Å²) in [5.74, 6) is -0.685. The second-order valence-electron chi connectivity index (χ2n) is 3.99. The number of carbonyl (C=O) groups excluding carboxylic acids is 1. The van der Waals surface area contributed by atoms with Gasteiger partial charge in [0.15, 0.2) is 0 Å². The van der Waals surface area contributed by atoms with Crippen molar-refractivity contribution in [1.29, 1.82) is 0 Å². The van der Waals surface area contributed by atoms with E-state index in [0.717, 1.165) is 0 Å². The number of hydrogen-bond acceptors (Lipinski definition) is 5. The number of methoxy groups -OCH3 is 1. The first-order valence-electron chi connectivity index (χ1n) is 5.35. The highest BCUT2D eigenvalue weighted by molar-refractivity contribution is 7.89.